The summed E-state index contributed by atoms with van der Waals surface area (Å²) in [6, 6.07) is 19.5. The van der Waals surface area contributed by atoms with Gasteiger partial charge in [-0.15, -0.1) is 11.6 Å². The van der Waals surface area contributed by atoms with Crippen LogP contribution >= 0.6 is 23.2 Å². The summed E-state index contributed by atoms with van der Waals surface area (Å²) in [7, 11) is 1.59. The molecule has 1 heterocycles. The molecule has 4 aromatic rings. The van der Waals surface area contributed by atoms with E-state index >= 15 is 0 Å². The number of nitrogens with zero attached hydrogens (tertiary/aromatic N) is 1. The summed E-state index contributed by atoms with van der Waals surface area (Å²) in [5.74, 6) is 2.67. The highest BCUT2D eigenvalue weighted by molar-refractivity contribution is 6.32. The summed E-state index contributed by atoms with van der Waals surface area (Å²) in [4.78, 5) is 4.44. The van der Waals surface area contributed by atoms with Gasteiger partial charge in [0.05, 0.1) is 23.5 Å². The Morgan fingerprint density at radius 1 is 0.857 bits per heavy atom. The number of anilines is 2. The third-order valence-corrected chi connectivity index (χ3v) is 5.96. The van der Waals surface area contributed by atoms with Crippen LogP contribution in [0.15, 0.2) is 66.9 Å². The average Bonchev–Trinajstić information content (AvgIpc) is 2.83. The van der Waals surface area contributed by atoms with E-state index in [2.05, 4.69) is 55.3 Å². The molecule has 0 spiro atoms. The van der Waals surface area contributed by atoms with Crippen LogP contribution in [-0.2, 0) is 5.41 Å². The summed E-state index contributed by atoms with van der Waals surface area (Å²) in [6.07, 6.45) is 1.68. The molecule has 4 rings (SSSR count). The molecule has 0 bridgehead atoms. The first kappa shape index (κ1) is 25.0. The number of rotatable bonds is 8. The second-order valence-corrected chi connectivity index (χ2v) is 9.85. The molecule has 0 saturated carbocycles. The molecule has 0 radical (unpaired) electrons. The Morgan fingerprint density at radius 2 is 1.60 bits per heavy atom. The third-order valence-electron chi connectivity index (χ3n) is 5.51. The summed E-state index contributed by atoms with van der Waals surface area (Å²) in [5.41, 5.74) is 3.96. The van der Waals surface area contributed by atoms with Crippen LogP contribution in [-0.4, -0.2) is 24.6 Å². The highest BCUT2D eigenvalue weighted by atomic mass is 35.5. The van der Waals surface area contributed by atoms with Gasteiger partial charge in [-0.05, 0) is 53.4 Å². The van der Waals surface area contributed by atoms with Crippen LogP contribution in [0.1, 0.15) is 26.3 Å². The second-order valence-electron chi connectivity index (χ2n) is 9.07. The molecule has 0 fully saturated rings. The molecule has 0 amide bonds. The lowest BCUT2D eigenvalue weighted by Crippen LogP contribution is -2.10. The first-order valence-corrected chi connectivity index (χ1v) is 12.2. The molecule has 0 aliphatic heterocycles. The number of aromatic nitrogens is 1. The molecule has 3 aromatic carbocycles. The van der Waals surface area contributed by atoms with Crippen molar-refractivity contribution in [3.63, 3.8) is 0 Å². The third kappa shape index (κ3) is 5.92. The number of hydrogen-bond donors (Lipinski definition) is 1. The van der Waals surface area contributed by atoms with E-state index in [1.807, 2.05) is 30.3 Å². The molecule has 5 nitrogen and oxygen atoms in total. The molecule has 35 heavy (non-hydrogen) atoms. The number of pyridine rings is 1. The number of halogens is 2. The van der Waals surface area contributed by atoms with E-state index in [4.69, 9.17) is 37.4 Å². The second kappa shape index (κ2) is 10.6. The van der Waals surface area contributed by atoms with E-state index in [1.165, 1.54) is 5.56 Å². The van der Waals surface area contributed by atoms with Crippen LogP contribution in [0, 0.1) is 0 Å². The number of ether oxygens (including phenoxy) is 3. The van der Waals surface area contributed by atoms with Gasteiger partial charge in [0.15, 0.2) is 11.5 Å². The minimum Gasteiger partial charge on any atom is -0.493 e. The highest BCUT2D eigenvalue weighted by Crippen LogP contribution is 2.39. The zero-order valence-electron chi connectivity index (χ0n) is 20.2. The molecule has 0 unspecified atom stereocenters. The van der Waals surface area contributed by atoms with E-state index in [0.29, 0.717) is 46.0 Å². The Bertz CT molecular complexity index is 1320. The summed E-state index contributed by atoms with van der Waals surface area (Å²) >= 11 is 12.3. The number of nitrogens with one attached hydrogen (secondary N) is 1. The Morgan fingerprint density at radius 3 is 2.26 bits per heavy atom. The van der Waals surface area contributed by atoms with Crippen LogP contribution in [0.4, 0.5) is 11.4 Å². The van der Waals surface area contributed by atoms with Crippen LogP contribution in [0.5, 0.6) is 23.0 Å². The minimum atomic E-state index is 0.112. The fourth-order valence-corrected chi connectivity index (χ4v) is 3.93. The summed E-state index contributed by atoms with van der Waals surface area (Å²) in [6.45, 7) is 6.97. The first-order valence-electron chi connectivity index (χ1n) is 11.3. The predicted molar refractivity (Wildman–Crippen MR) is 144 cm³/mol. The van der Waals surface area contributed by atoms with Crippen molar-refractivity contribution in [2.24, 2.45) is 0 Å². The molecule has 0 aliphatic rings. The van der Waals surface area contributed by atoms with Crippen LogP contribution < -0.4 is 19.5 Å². The van der Waals surface area contributed by atoms with Gasteiger partial charge in [0, 0.05) is 29.0 Å². The molecule has 1 N–H and O–H groups in total. The molecule has 0 saturated heterocycles. The Kier molecular flexibility index (Phi) is 7.58. The molecule has 182 valence electrons. The maximum Gasteiger partial charge on any atom is 0.163 e. The van der Waals surface area contributed by atoms with Gasteiger partial charge in [-0.25, -0.2) is 0 Å². The van der Waals surface area contributed by atoms with Crippen molar-refractivity contribution in [3.05, 3.63) is 77.4 Å². The number of benzene rings is 3. The van der Waals surface area contributed by atoms with Crippen LogP contribution in [0.25, 0.3) is 10.9 Å². The molecule has 0 aliphatic carbocycles. The first-order chi connectivity index (χ1) is 16.8. The molecular weight excluding hydrogens is 483 g/mol. The van der Waals surface area contributed by atoms with Crippen molar-refractivity contribution in [1.29, 1.82) is 0 Å². The Hall–Kier alpha value is -3.15. The normalized spacial score (nSPS) is 11.4. The number of alkyl halides is 1. The van der Waals surface area contributed by atoms with Gasteiger partial charge < -0.3 is 19.5 Å². The van der Waals surface area contributed by atoms with E-state index in [0.717, 1.165) is 16.8 Å². The maximum absolute atomic E-state index is 6.58. The lowest BCUT2D eigenvalue weighted by atomic mass is 9.87. The molecule has 1 aromatic heterocycles. The van der Waals surface area contributed by atoms with E-state index in [1.54, 1.807) is 19.4 Å². The lowest BCUT2D eigenvalue weighted by molar-refractivity contribution is 0.313. The minimum absolute atomic E-state index is 0.112. The van der Waals surface area contributed by atoms with Gasteiger partial charge in [-0.2, -0.15) is 0 Å². The fourth-order valence-electron chi connectivity index (χ4n) is 3.64. The highest BCUT2D eigenvalue weighted by Gasteiger charge is 2.15. The SMILES string of the molecule is COc1cc2c(Oc3ccc(Nc4ccc(C(C)(C)C)cc4)cc3Cl)ccnc2cc1OCCCl. The van der Waals surface area contributed by atoms with E-state index in [-0.39, 0.29) is 5.41 Å². The standard InChI is InChI=1S/C28H28Cl2N2O3/c1-28(2,3)18-5-7-19(8-6-18)32-20-9-10-25(22(30)15-20)35-24-11-13-31-23-17-27(34-14-12-29)26(33-4)16-21(23)24/h5-11,13,15-17,32H,12,14H2,1-4H3. The lowest BCUT2D eigenvalue weighted by Gasteiger charge is -2.19. The fraction of sp³-hybridized carbons (Fsp3) is 0.250. The molecule has 0 atom stereocenters. The van der Waals surface area contributed by atoms with Crippen LogP contribution in [0.2, 0.25) is 5.02 Å². The number of hydrogen-bond acceptors (Lipinski definition) is 5. The van der Waals surface area contributed by atoms with Crippen molar-refractivity contribution < 1.29 is 14.2 Å². The van der Waals surface area contributed by atoms with Crippen LogP contribution in [0.3, 0.4) is 0 Å². The van der Waals surface area contributed by atoms with Crippen molar-refractivity contribution >= 4 is 45.5 Å². The predicted octanol–water partition coefficient (Wildman–Crippen LogP) is 8.35. The zero-order valence-corrected chi connectivity index (χ0v) is 21.7. The largest absolute Gasteiger partial charge is 0.493 e. The van der Waals surface area contributed by atoms with E-state index < -0.39 is 0 Å². The Balaban J connectivity index is 1.56. The van der Waals surface area contributed by atoms with Gasteiger partial charge in [-0.1, -0.05) is 44.5 Å². The van der Waals surface area contributed by atoms with Crippen molar-refractivity contribution in [2.75, 3.05) is 24.9 Å². The van der Waals surface area contributed by atoms with Gasteiger partial charge in [0.1, 0.15) is 18.1 Å². The maximum atomic E-state index is 6.58. The number of fused-ring (bicyclic) bond motifs is 1. The zero-order chi connectivity index (χ0) is 25.0. The van der Waals surface area contributed by atoms with Gasteiger partial charge >= 0.3 is 0 Å². The number of methoxy groups -OCH3 is 1. The Labute approximate surface area is 215 Å². The molecule has 7 heteroatoms. The van der Waals surface area contributed by atoms with Gasteiger partial charge in [0.25, 0.3) is 0 Å². The summed E-state index contributed by atoms with van der Waals surface area (Å²) < 4.78 is 17.4. The average molecular weight is 511 g/mol. The summed E-state index contributed by atoms with van der Waals surface area (Å²) in [5, 5.41) is 4.66. The van der Waals surface area contributed by atoms with Crippen molar-refractivity contribution in [3.8, 4) is 23.0 Å². The van der Waals surface area contributed by atoms with Crippen molar-refractivity contribution in [1.82, 2.24) is 4.98 Å². The topological polar surface area (TPSA) is 52.6 Å². The van der Waals surface area contributed by atoms with E-state index in [9.17, 15) is 0 Å². The van der Waals surface area contributed by atoms with Gasteiger partial charge in [0.2, 0.25) is 0 Å². The van der Waals surface area contributed by atoms with Crippen molar-refractivity contribution in [2.45, 2.75) is 26.2 Å². The smallest absolute Gasteiger partial charge is 0.163 e. The monoisotopic (exact) mass is 510 g/mol. The quantitative estimate of drug-likeness (QED) is 0.241. The van der Waals surface area contributed by atoms with Gasteiger partial charge in [-0.3, -0.25) is 4.98 Å². The molecular formula is C28H28Cl2N2O3.